The molecule has 0 saturated heterocycles. The second-order valence-electron chi connectivity index (χ2n) is 6.10. The quantitative estimate of drug-likeness (QED) is 0.616. The average molecular weight is 407 g/mol. The monoisotopic (exact) mass is 406 g/mol. The Hall–Kier alpha value is -2.35. The SMILES string of the molecule is CN(C)CCOc1ccccc1CNc1nnnn1-c1cccc(Cl)c1Cl. The summed E-state index contributed by atoms with van der Waals surface area (Å²) >= 11 is 12.4. The summed E-state index contributed by atoms with van der Waals surface area (Å²) in [5, 5.41) is 15.8. The summed E-state index contributed by atoms with van der Waals surface area (Å²) in [6, 6.07) is 13.2. The number of aromatic nitrogens is 4. The fourth-order valence-electron chi connectivity index (χ4n) is 2.42. The number of para-hydroxylation sites is 1. The molecule has 0 atom stereocenters. The minimum Gasteiger partial charge on any atom is -0.492 e. The van der Waals surface area contributed by atoms with Gasteiger partial charge < -0.3 is 15.0 Å². The molecule has 1 aromatic heterocycles. The molecule has 0 amide bonds. The number of likely N-dealkylation sites (N-methyl/N-ethyl adjacent to an activating group) is 1. The maximum Gasteiger partial charge on any atom is 0.248 e. The number of tetrazole rings is 1. The Bertz CT molecular complexity index is 899. The van der Waals surface area contributed by atoms with E-state index < -0.39 is 0 Å². The van der Waals surface area contributed by atoms with Crippen molar-refractivity contribution in [1.29, 1.82) is 0 Å². The Morgan fingerprint density at radius 2 is 1.93 bits per heavy atom. The molecule has 0 aliphatic heterocycles. The van der Waals surface area contributed by atoms with Crippen molar-refractivity contribution < 1.29 is 4.74 Å². The molecule has 0 saturated carbocycles. The van der Waals surface area contributed by atoms with E-state index in [0.717, 1.165) is 17.9 Å². The van der Waals surface area contributed by atoms with Crippen molar-refractivity contribution in [2.45, 2.75) is 6.54 Å². The molecular weight excluding hydrogens is 387 g/mol. The molecule has 7 nitrogen and oxygen atoms in total. The first kappa shape index (κ1) is 19.4. The lowest BCUT2D eigenvalue weighted by molar-refractivity contribution is 0.259. The first-order chi connectivity index (χ1) is 13.1. The highest BCUT2D eigenvalue weighted by Gasteiger charge is 2.13. The number of ether oxygens (including phenoxy) is 1. The largest absolute Gasteiger partial charge is 0.492 e. The van der Waals surface area contributed by atoms with Crippen LogP contribution in [0.1, 0.15) is 5.56 Å². The normalized spacial score (nSPS) is 11.0. The third-order valence-corrected chi connectivity index (χ3v) is 4.64. The molecule has 0 unspecified atom stereocenters. The van der Waals surface area contributed by atoms with Crippen molar-refractivity contribution in [2.75, 3.05) is 32.6 Å². The van der Waals surface area contributed by atoms with Gasteiger partial charge in [-0.3, -0.25) is 0 Å². The Morgan fingerprint density at radius 1 is 1.11 bits per heavy atom. The summed E-state index contributed by atoms with van der Waals surface area (Å²) in [6.07, 6.45) is 0. The molecule has 9 heteroatoms. The molecule has 1 heterocycles. The zero-order valence-corrected chi connectivity index (χ0v) is 16.6. The van der Waals surface area contributed by atoms with Crippen LogP contribution in [0, 0.1) is 0 Å². The molecule has 0 radical (unpaired) electrons. The van der Waals surface area contributed by atoms with E-state index in [0.29, 0.717) is 34.8 Å². The van der Waals surface area contributed by atoms with Crippen molar-refractivity contribution in [1.82, 2.24) is 25.1 Å². The summed E-state index contributed by atoms with van der Waals surface area (Å²) in [6.45, 7) is 1.95. The number of rotatable bonds is 8. The highest BCUT2D eigenvalue weighted by atomic mass is 35.5. The molecule has 3 aromatic rings. The Morgan fingerprint density at radius 3 is 2.74 bits per heavy atom. The average Bonchev–Trinajstić information content (AvgIpc) is 3.11. The van der Waals surface area contributed by atoms with Crippen LogP contribution in [0.15, 0.2) is 42.5 Å². The van der Waals surface area contributed by atoms with Gasteiger partial charge in [-0.25, -0.2) is 0 Å². The smallest absolute Gasteiger partial charge is 0.248 e. The van der Waals surface area contributed by atoms with Crippen molar-refractivity contribution in [3.63, 3.8) is 0 Å². The molecule has 2 aromatic carbocycles. The number of anilines is 1. The lowest BCUT2D eigenvalue weighted by atomic mass is 10.2. The fraction of sp³-hybridized carbons (Fsp3) is 0.278. The van der Waals surface area contributed by atoms with Crippen LogP contribution < -0.4 is 10.1 Å². The van der Waals surface area contributed by atoms with Gasteiger partial charge in [0.05, 0.1) is 15.7 Å². The lowest BCUT2D eigenvalue weighted by Crippen LogP contribution is -2.20. The van der Waals surface area contributed by atoms with E-state index in [1.807, 2.05) is 38.4 Å². The fourth-order valence-corrected chi connectivity index (χ4v) is 2.79. The molecule has 0 aliphatic rings. The highest BCUT2D eigenvalue weighted by molar-refractivity contribution is 6.43. The van der Waals surface area contributed by atoms with E-state index in [2.05, 4.69) is 25.7 Å². The van der Waals surface area contributed by atoms with Crippen LogP contribution in [0.4, 0.5) is 5.95 Å². The molecule has 1 N–H and O–H groups in total. The Kier molecular flexibility index (Phi) is 6.49. The topological polar surface area (TPSA) is 68.1 Å². The van der Waals surface area contributed by atoms with E-state index in [4.69, 9.17) is 27.9 Å². The summed E-state index contributed by atoms with van der Waals surface area (Å²) < 4.78 is 7.41. The number of nitrogens with zero attached hydrogens (tertiary/aromatic N) is 5. The lowest BCUT2D eigenvalue weighted by Gasteiger charge is -2.14. The third kappa shape index (κ3) is 4.88. The van der Waals surface area contributed by atoms with Crippen LogP contribution in [0.25, 0.3) is 5.69 Å². The molecule has 0 fully saturated rings. The number of nitrogens with one attached hydrogen (secondary N) is 1. The van der Waals surface area contributed by atoms with E-state index in [9.17, 15) is 0 Å². The molecular formula is C18H20Cl2N6O. The zero-order chi connectivity index (χ0) is 19.2. The van der Waals surface area contributed by atoms with Gasteiger partial charge in [0.1, 0.15) is 12.4 Å². The molecule has 0 spiro atoms. The van der Waals surface area contributed by atoms with Crippen molar-refractivity contribution in [2.24, 2.45) is 0 Å². The summed E-state index contributed by atoms with van der Waals surface area (Å²) in [7, 11) is 4.02. The van der Waals surface area contributed by atoms with Gasteiger partial charge in [-0.2, -0.15) is 4.68 Å². The highest BCUT2D eigenvalue weighted by Crippen LogP contribution is 2.29. The minimum absolute atomic E-state index is 0.391. The van der Waals surface area contributed by atoms with E-state index in [1.54, 1.807) is 18.2 Å². The van der Waals surface area contributed by atoms with Crippen molar-refractivity contribution in [3.8, 4) is 11.4 Å². The number of benzene rings is 2. The first-order valence-corrected chi connectivity index (χ1v) is 9.14. The predicted octanol–water partition coefficient (Wildman–Crippen LogP) is 3.52. The Balaban J connectivity index is 1.74. The molecule has 27 heavy (non-hydrogen) atoms. The second-order valence-corrected chi connectivity index (χ2v) is 6.89. The molecule has 0 aliphatic carbocycles. The maximum absolute atomic E-state index is 6.28. The van der Waals surface area contributed by atoms with Crippen LogP contribution in [0.3, 0.4) is 0 Å². The van der Waals surface area contributed by atoms with Crippen LogP contribution in [-0.4, -0.2) is 52.4 Å². The third-order valence-electron chi connectivity index (χ3n) is 3.83. The second kappa shape index (κ2) is 9.03. The summed E-state index contributed by atoms with van der Waals surface area (Å²) in [5.41, 5.74) is 1.61. The summed E-state index contributed by atoms with van der Waals surface area (Å²) in [5.74, 6) is 1.29. The van der Waals surface area contributed by atoms with E-state index >= 15 is 0 Å². The first-order valence-electron chi connectivity index (χ1n) is 8.38. The molecule has 3 rings (SSSR count). The van der Waals surface area contributed by atoms with Gasteiger partial charge in [0.25, 0.3) is 0 Å². The Labute approximate surface area is 167 Å². The van der Waals surface area contributed by atoms with Crippen molar-refractivity contribution >= 4 is 29.2 Å². The van der Waals surface area contributed by atoms with E-state index in [-0.39, 0.29) is 0 Å². The van der Waals surface area contributed by atoms with Gasteiger partial charge in [0.2, 0.25) is 5.95 Å². The van der Waals surface area contributed by atoms with E-state index in [1.165, 1.54) is 4.68 Å². The van der Waals surface area contributed by atoms with Crippen LogP contribution in [0.2, 0.25) is 10.0 Å². The number of hydrogen-bond donors (Lipinski definition) is 1. The van der Waals surface area contributed by atoms with Crippen LogP contribution in [0.5, 0.6) is 5.75 Å². The van der Waals surface area contributed by atoms with Crippen molar-refractivity contribution in [3.05, 3.63) is 58.1 Å². The molecule has 142 valence electrons. The summed E-state index contributed by atoms with van der Waals surface area (Å²) in [4.78, 5) is 2.07. The minimum atomic E-state index is 0.391. The van der Waals surface area contributed by atoms with Crippen LogP contribution >= 0.6 is 23.2 Å². The van der Waals surface area contributed by atoms with Gasteiger partial charge in [0, 0.05) is 18.7 Å². The zero-order valence-electron chi connectivity index (χ0n) is 15.1. The van der Waals surface area contributed by atoms with Gasteiger partial charge in [-0.1, -0.05) is 52.6 Å². The predicted molar refractivity (Wildman–Crippen MR) is 107 cm³/mol. The number of hydrogen-bond acceptors (Lipinski definition) is 6. The molecule has 0 bridgehead atoms. The van der Waals surface area contributed by atoms with Gasteiger partial charge in [0.15, 0.2) is 0 Å². The van der Waals surface area contributed by atoms with Gasteiger partial charge in [-0.15, -0.1) is 0 Å². The van der Waals surface area contributed by atoms with Crippen LogP contribution in [-0.2, 0) is 6.54 Å². The maximum atomic E-state index is 6.28. The van der Waals surface area contributed by atoms with Gasteiger partial charge >= 0.3 is 0 Å². The standard InChI is InChI=1S/C18H20Cl2N6O/c1-25(2)10-11-27-16-9-4-3-6-13(16)12-21-18-22-23-24-26(18)15-8-5-7-14(19)17(15)20/h3-9H,10-12H2,1-2H3,(H,21,22,24). The van der Waals surface area contributed by atoms with Gasteiger partial charge in [-0.05, 0) is 42.7 Å². The number of halogens is 2.